The molecule has 0 atom stereocenters. The first-order valence-corrected chi connectivity index (χ1v) is 19.3. The molecule has 9 rings (SSSR count). The van der Waals surface area contributed by atoms with Gasteiger partial charge in [0.25, 0.3) is 0 Å². The first kappa shape index (κ1) is 34.6. The van der Waals surface area contributed by atoms with Gasteiger partial charge in [0.15, 0.2) is 0 Å². The van der Waals surface area contributed by atoms with Crippen LogP contribution in [0.2, 0.25) is 0 Å². The fourth-order valence-electron chi connectivity index (χ4n) is 7.84. The molecule has 0 fully saturated rings. The zero-order chi connectivity index (χ0) is 37.8. The number of para-hydroxylation sites is 2. The van der Waals surface area contributed by atoms with E-state index in [1.165, 1.54) is 55.2 Å². The fourth-order valence-corrected chi connectivity index (χ4v) is 7.84. The van der Waals surface area contributed by atoms with Crippen LogP contribution >= 0.6 is 0 Å². The first-order valence-electron chi connectivity index (χ1n) is 19.3. The summed E-state index contributed by atoms with van der Waals surface area (Å²) in [6, 6.07) is 73.6. The maximum Gasteiger partial charge on any atom is 0.0541 e. The van der Waals surface area contributed by atoms with Crippen molar-refractivity contribution in [3.05, 3.63) is 231 Å². The van der Waals surface area contributed by atoms with E-state index in [9.17, 15) is 0 Å². The molecule has 268 valence electrons. The van der Waals surface area contributed by atoms with Gasteiger partial charge in [0.1, 0.15) is 0 Å². The Balaban J connectivity index is 0.965. The van der Waals surface area contributed by atoms with E-state index in [4.69, 9.17) is 0 Å². The van der Waals surface area contributed by atoms with E-state index in [1.807, 2.05) is 0 Å². The lowest BCUT2D eigenvalue weighted by Crippen LogP contribution is -2.15. The van der Waals surface area contributed by atoms with Crippen LogP contribution in [0, 0.1) is 0 Å². The van der Waals surface area contributed by atoms with Gasteiger partial charge < -0.3 is 9.47 Å². The third kappa shape index (κ3) is 6.85. The quantitative estimate of drug-likeness (QED) is 0.129. The standard InChI is InChI=1S/C54H42N2/c1-39(23-24-40(2)55(48-19-11-5-12-20-48)50-33-29-44(30-34-50)42-15-7-3-8-16-42)41-25-27-45(28-26-41)47-32-36-54-52(38-47)51-37-46(43-17-9-4-10-18-43)31-35-53(51)56(54)49-21-13-6-14-22-49/h3-22,25-38H,1-2,23-24H2. The van der Waals surface area contributed by atoms with E-state index in [0.29, 0.717) is 0 Å². The predicted molar refractivity (Wildman–Crippen MR) is 240 cm³/mol. The highest BCUT2D eigenvalue weighted by Crippen LogP contribution is 2.38. The molecule has 0 spiro atoms. The molecular formula is C54H42N2. The number of anilines is 2. The largest absolute Gasteiger partial charge is 0.315 e. The minimum absolute atomic E-state index is 0.781. The second-order valence-corrected chi connectivity index (χ2v) is 14.3. The molecule has 1 heterocycles. The molecule has 9 aromatic rings. The highest BCUT2D eigenvalue weighted by molar-refractivity contribution is 6.11. The summed E-state index contributed by atoms with van der Waals surface area (Å²) in [6.07, 6.45) is 1.58. The predicted octanol–water partition coefficient (Wildman–Crippen LogP) is 14.9. The second-order valence-electron chi connectivity index (χ2n) is 14.3. The molecule has 0 radical (unpaired) electrons. The lowest BCUT2D eigenvalue weighted by Gasteiger charge is -2.28. The Morgan fingerprint density at radius 1 is 0.393 bits per heavy atom. The van der Waals surface area contributed by atoms with Crippen molar-refractivity contribution in [3.63, 3.8) is 0 Å². The maximum atomic E-state index is 4.58. The fraction of sp³-hybridized carbons (Fsp3) is 0.0370. The molecule has 0 aliphatic carbocycles. The monoisotopic (exact) mass is 718 g/mol. The van der Waals surface area contributed by atoms with Gasteiger partial charge in [0, 0.05) is 33.5 Å². The minimum atomic E-state index is 0.781. The number of nitrogens with zero attached hydrogens (tertiary/aromatic N) is 2. The van der Waals surface area contributed by atoms with E-state index in [1.54, 1.807) is 0 Å². The molecule has 0 amide bonds. The molecule has 2 nitrogen and oxygen atoms in total. The van der Waals surface area contributed by atoms with Crippen LogP contribution in [0.4, 0.5) is 11.4 Å². The van der Waals surface area contributed by atoms with Crippen LogP contribution in [0.15, 0.2) is 225 Å². The van der Waals surface area contributed by atoms with Crippen LogP contribution in [0.3, 0.4) is 0 Å². The lowest BCUT2D eigenvalue weighted by atomic mass is 9.97. The SMILES string of the molecule is C=C(CCC(=C)N(c1ccccc1)c1ccc(-c2ccccc2)cc1)c1ccc(-c2ccc3c(c2)c2cc(-c4ccccc4)ccc2n3-c2ccccc2)cc1. The van der Waals surface area contributed by atoms with Crippen molar-refractivity contribution < 1.29 is 0 Å². The molecule has 0 aliphatic heterocycles. The zero-order valence-corrected chi connectivity index (χ0v) is 31.4. The smallest absolute Gasteiger partial charge is 0.0541 e. The normalized spacial score (nSPS) is 11.1. The van der Waals surface area contributed by atoms with Crippen molar-refractivity contribution in [1.82, 2.24) is 4.57 Å². The third-order valence-corrected chi connectivity index (χ3v) is 10.8. The van der Waals surface area contributed by atoms with Gasteiger partial charge in [-0.3, -0.25) is 0 Å². The van der Waals surface area contributed by atoms with Gasteiger partial charge in [-0.25, -0.2) is 0 Å². The summed E-state index contributed by atoms with van der Waals surface area (Å²) in [4.78, 5) is 2.26. The molecule has 0 bridgehead atoms. The first-order chi connectivity index (χ1) is 27.6. The molecular weight excluding hydrogens is 677 g/mol. The zero-order valence-electron chi connectivity index (χ0n) is 31.4. The number of allylic oxidation sites excluding steroid dienone is 2. The van der Waals surface area contributed by atoms with E-state index < -0.39 is 0 Å². The number of hydrogen-bond donors (Lipinski definition) is 0. The summed E-state index contributed by atoms with van der Waals surface area (Å²) in [5.74, 6) is 0. The summed E-state index contributed by atoms with van der Waals surface area (Å²) in [5, 5.41) is 2.48. The van der Waals surface area contributed by atoms with E-state index in [0.717, 1.165) is 46.7 Å². The average molecular weight is 719 g/mol. The van der Waals surface area contributed by atoms with Crippen LogP contribution in [0.5, 0.6) is 0 Å². The second kappa shape index (κ2) is 15.3. The van der Waals surface area contributed by atoms with Crippen molar-refractivity contribution in [2.45, 2.75) is 12.8 Å². The van der Waals surface area contributed by atoms with Gasteiger partial charge in [-0.05, 0) is 118 Å². The van der Waals surface area contributed by atoms with Gasteiger partial charge in [-0.15, -0.1) is 0 Å². The molecule has 2 heteroatoms. The Morgan fingerprint density at radius 3 is 1.36 bits per heavy atom. The lowest BCUT2D eigenvalue weighted by molar-refractivity contribution is 0.950. The number of benzene rings is 8. The van der Waals surface area contributed by atoms with Crippen molar-refractivity contribution in [2.24, 2.45) is 0 Å². The Bertz CT molecular complexity index is 2780. The molecule has 0 saturated carbocycles. The highest BCUT2D eigenvalue weighted by Gasteiger charge is 2.16. The molecule has 8 aromatic carbocycles. The summed E-state index contributed by atoms with van der Waals surface area (Å²) in [6.45, 7) is 9.11. The van der Waals surface area contributed by atoms with Gasteiger partial charge in [0.05, 0.1) is 11.0 Å². The molecule has 56 heavy (non-hydrogen) atoms. The van der Waals surface area contributed by atoms with Crippen molar-refractivity contribution >= 4 is 38.8 Å². The molecule has 0 unspecified atom stereocenters. The van der Waals surface area contributed by atoms with E-state index >= 15 is 0 Å². The number of rotatable bonds is 11. The Morgan fingerprint density at radius 2 is 0.804 bits per heavy atom. The van der Waals surface area contributed by atoms with Gasteiger partial charge >= 0.3 is 0 Å². The average Bonchev–Trinajstić information content (AvgIpc) is 3.60. The molecule has 0 aliphatic rings. The molecule has 0 N–H and O–H groups in total. The van der Waals surface area contributed by atoms with Crippen molar-refractivity contribution in [3.8, 4) is 39.1 Å². The Labute approximate surface area is 329 Å². The van der Waals surface area contributed by atoms with Gasteiger partial charge in [-0.2, -0.15) is 0 Å². The van der Waals surface area contributed by atoms with Gasteiger partial charge in [0.2, 0.25) is 0 Å². The van der Waals surface area contributed by atoms with Crippen molar-refractivity contribution in [1.29, 1.82) is 0 Å². The van der Waals surface area contributed by atoms with Crippen LogP contribution in [0.1, 0.15) is 18.4 Å². The Hall–Kier alpha value is -7.16. The number of fused-ring (bicyclic) bond motifs is 3. The van der Waals surface area contributed by atoms with E-state index in [2.05, 4.69) is 229 Å². The summed E-state index contributed by atoms with van der Waals surface area (Å²) < 4.78 is 2.38. The summed E-state index contributed by atoms with van der Waals surface area (Å²) >= 11 is 0. The third-order valence-electron chi connectivity index (χ3n) is 10.8. The maximum absolute atomic E-state index is 4.58. The van der Waals surface area contributed by atoms with E-state index in [-0.39, 0.29) is 0 Å². The number of aromatic nitrogens is 1. The highest BCUT2D eigenvalue weighted by atomic mass is 15.1. The minimum Gasteiger partial charge on any atom is -0.315 e. The summed E-state index contributed by atoms with van der Waals surface area (Å²) in [5.41, 5.74) is 16.2. The molecule has 0 saturated heterocycles. The molecule has 1 aromatic heterocycles. The topological polar surface area (TPSA) is 8.17 Å². The van der Waals surface area contributed by atoms with Crippen molar-refractivity contribution in [2.75, 3.05) is 4.90 Å². The van der Waals surface area contributed by atoms with Gasteiger partial charge in [-0.1, -0.05) is 159 Å². The summed E-state index contributed by atoms with van der Waals surface area (Å²) in [7, 11) is 0. The van der Waals surface area contributed by atoms with Crippen LogP contribution in [-0.4, -0.2) is 4.57 Å². The number of hydrogen-bond acceptors (Lipinski definition) is 1. The van der Waals surface area contributed by atoms with Crippen LogP contribution in [-0.2, 0) is 0 Å². The Kier molecular flexibility index (Phi) is 9.45. The van der Waals surface area contributed by atoms with Crippen LogP contribution in [0.25, 0.3) is 66.4 Å². The van der Waals surface area contributed by atoms with Crippen LogP contribution < -0.4 is 4.90 Å².